The molecule has 0 bridgehead atoms. The molecule has 0 aliphatic rings. The normalized spacial score (nSPS) is 12.6. The van der Waals surface area contributed by atoms with Crippen LogP contribution in [-0.2, 0) is 50.6 Å². The summed E-state index contributed by atoms with van der Waals surface area (Å²) in [5, 5.41) is 23.6. The van der Waals surface area contributed by atoms with Gasteiger partial charge in [0.25, 0.3) is 50.6 Å². The van der Waals surface area contributed by atoms with Gasteiger partial charge < -0.3 is 25.4 Å². The number of anilines is 5. The SMILES string of the molecule is O=S(=O)(O)CCCCOc1cc(N=Nc2ccc(Cl)c(S(=O)(=O)O)c2)c(Cl)cc1Nc1nc(NCCS(=O)(=O)O)nc(Nc2cc(Cl)c(N=Nc3ccc(Cl)c(S(=O)(=O)O)c3)cc2OCCCCS(=O)(=O)O)n1. The number of ether oxygens (including phenoxy) is 2. The standard InChI is InChI=1S/C37H38Cl4N10O17S5/c38-23-7-5-21(15-33(23)72(61,62)63)48-50-27-19-31(67-10-1-3-12-69(52,53)54)29(17-25(27)40)43-36-45-35(42-9-14-71(58,59)60)46-37(47-36)44-30-18-26(41)28(20-32(30)68-11-2-4-13-70(55,56)57)51-49-22-6-8-24(39)34(16-22)73(64,65)66/h5-8,15-20H,1-4,9-14H2,(H,52,53,54)(H,55,56,57)(H,58,59,60)(H,61,62,63)(H,64,65,66)(H3,42,43,44,45,46,47). The smallest absolute Gasteiger partial charge is 0.296 e. The van der Waals surface area contributed by atoms with Crippen LogP contribution in [-0.4, -0.2) is 117 Å². The molecule has 0 saturated carbocycles. The number of rotatable bonds is 26. The van der Waals surface area contributed by atoms with E-state index in [4.69, 9.17) is 55.9 Å². The van der Waals surface area contributed by atoms with Crippen LogP contribution in [0.2, 0.25) is 20.1 Å². The molecule has 36 heteroatoms. The predicted molar refractivity (Wildman–Crippen MR) is 267 cm³/mol. The molecule has 0 aliphatic heterocycles. The molecule has 73 heavy (non-hydrogen) atoms. The Morgan fingerprint density at radius 2 is 0.849 bits per heavy atom. The Morgan fingerprint density at radius 1 is 0.466 bits per heavy atom. The summed E-state index contributed by atoms with van der Waals surface area (Å²) in [4.78, 5) is 11.6. The number of nitrogens with one attached hydrogen (secondary N) is 3. The molecule has 0 radical (unpaired) electrons. The first-order valence-corrected chi connectivity index (χ1v) is 29.3. The summed E-state index contributed by atoms with van der Waals surface area (Å²) >= 11 is 25.0. The lowest BCUT2D eigenvalue weighted by atomic mass is 10.2. The molecule has 27 nitrogen and oxygen atoms in total. The zero-order valence-corrected chi connectivity index (χ0v) is 43.8. The summed E-state index contributed by atoms with van der Waals surface area (Å²) in [5.41, 5.74) is -0.288. The number of benzene rings is 4. The summed E-state index contributed by atoms with van der Waals surface area (Å²) in [5.74, 6) is -3.00. The zero-order valence-electron chi connectivity index (χ0n) is 36.7. The van der Waals surface area contributed by atoms with Crippen LogP contribution < -0.4 is 25.4 Å². The molecule has 0 unspecified atom stereocenters. The maximum Gasteiger partial charge on any atom is 0.296 e. The summed E-state index contributed by atoms with van der Waals surface area (Å²) < 4.78 is 174. The van der Waals surface area contributed by atoms with Crippen LogP contribution >= 0.6 is 46.4 Å². The van der Waals surface area contributed by atoms with Crippen molar-refractivity contribution in [2.45, 2.75) is 35.5 Å². The van der Waals surface area contributed by atoms with Crippen molar-refractivity contribution >= 4 is 149 Å². The molecule has 0 spiro atoms. The second kappa shape index (κ2) is 24.9. The van der Waals surface area contributed by atoms with Gasteiger partial charge in [-0.05, 0) is 74.2 Å². The van der Waals surface area contributed by atoms with Crippen molar-refractivity contribution in [2.24, 2.45) is 20.5 Å². The monoisotopic (exact) mass is 1190 g/mol. The third-order valence-corrected chi connectivity index (χ3v) is 14.5. The van der Waals surface area contributed by atoms with Crippen molar-refractivity contribution in [3.8, 4) is 11.5 Å². The quantitative estimate of drug-likeness (QED) is 0.0146. The van der Waals surface area contributed by atoms with Gasteiger partial charge in [0.05, 0.1) is 73.3 Å². The van der Waals surface area contributed by atoms with E-state index < -0.39 is 84.2 Å². The molecule has 8 N–H and O–H groups in total. The Kier molecular flexibility index (Phi) is 20.0. The lowest BCUT2D eigenvalue weighted by Crippen LogP contribution is -2.17. The van der Waals surface area contributed by atoms with Gasteiger partial charge in [0.15, 0.2) is 0 Å². The molecule has 1 aromatic heterocycles. The second-order valence-electron chi connectivity index (χ2n) is 14.6. The van der Waals surface area contributed by atoms with E-state index in [0.29, 0.717) is 0 Å². The first kappa shape index (κ1) is 58.7. The first-order valence-electron chi connectivity index (χ1n) is 20.1. The molecule has 0 amide bonds. The van der Waals surface area contributed by atoms with E-state index >= 15 is 0 Å². The first-order chi connectivity index (χ1) is 33.9. The predicted octanol–water partition coefficient (Wildman–Crippen LogP) is 8.69. The highest BCUT2D eigenvalue weighted by molar-refractivity contribution is 7.86. The van der Waals surface area contributed by atoms with Crippen LogP contribution in [0.5, 0.6) is 11.5 Å². The van der Waals surface area contributed by atoms with Gasteiger partial charge in [-0.25, -0.2) is 0 Å². The average molecular weight is 1200 g/mol. The topological polar surface area (TPSA) is 415 Å². The van der Waals surface area contributed by atoms with Crippen molar-refractivity contribution in [1.29, 1.82) is 0 Å². The van der Waals surface area contributed by atoms with E-state index in [9.17, 15) is 64.9 Å². The van der Waals surface area contributed by atoms with Gasteiger partial charge in [0.1, 0.15) is 32.7 Å². The Bertz CT molecular complexity index is 3300. The molecular weight excluding hydrogens is 1160 g/mol. The minimum absolute atomic E-state index is 0.0102. The van der Waals surface area contributed by atoms with Crippen LogP contribution in [0, 0.1) is 0 Å². The second-order valence-corrected chi connectivity index (χ2v) is 23.8. The maximum atomic E-state index is 11.8. The van der Waals surface area contributed by atoms with Crippen molar-refractivity contribution in [1.82, 2.24) is 15.0 Å². The lowest BCUT2D eigenvalue weighted by molar-refractivity contribution is 0.310. The fourth-order valence-corrected chi connectivity index (χ4v) is 9.53. The molecule has 5 rings (SSSR count). The van der Waals surface area contributed by atoms with Crippen molar-refractivity contribution in [2.75, 3.05) is 53.0 Å². The van der Waals surface area contributed by atoms with Crippen LogP contribution in [0.25, 0.3) is 0 Å². The minimum atomic E-state index is -4.75. The van der Waals surface area contributed by atoms with Gasteiger partial charge in [0.2, 0.25) is 17.8 Å². The third kappa shape index (κ3) is 19.5. The zero-order chi connectivity index (χ0) is 53.9. The highest BCUT2D eigenvalue weighted by Gasteiger charge is 2.20. The highest BCUT2D eigenvalue weighted by Crippen LogP contribution is 2.41. The highest BCUT2D eigenvalue weighted by atomic mass is 35.5. The molecule has 4 aromatic carbocycles. The van der Waals surface area contributed by atoms with Crippen molar-refractivity contribution < 1.29 is 74.3 Å². The summed E-state index contributed by atoms with van der Waals surface area (Å²) in [6.45, 7) is -0.763. The maximum absolute atomic E-state index is 11.8. The van der Waals surface area contributed by atoms with E-state index in [1.165, 1.54) is 36.4 Å². The van der Waals surface area contributed by atoms with E-state index in [-0.39, 0.29) is 122 Å². The Hall–Kier alpha value is -5.20. The molecule has 0 saturated heterocycles. The molecule has 0 fully saturated rings. The number of unbranched alkanes of at least 4 members (excludes halogenated alkanes) is 2. The number of aromatic nitrogens is 3. The van der Waals surface area contributed by atoms with Crippen LogP contribution in [0.15, 0.2) is 90.9 Å². The molecular formula is C37H38Cl4N10O17S5. The number of nitrogens with zero attached hydrogens (tertiary/aromatic N) is 7. The van der Waals surface area contributed by atoms with Crippen molar-refractivity contribution in [3.63, 3.8) is 0 Å². The third-order valence-electron chi connectivity index (χ3n) is 8.91. The van der Waals surface area contributed by atoms with E-state index in [0.717, 1.165) is 24.3 Å². The molecule has 0 atom stereocenters. The van der Waals surface area contributed by atoms with Gasteiger partial charge in [-0.15, -0.1) is 10.2 Å². The summed E-state index contributed by atoms with van der Waals surface area (Å²) in [6, 6.07) is 11.8. The van der Waals surface area contributed by atoms with E-state index in [1.54, 1.807) is 0 Å². The van der Waals surface area contributed by atoms with Gasteiger partial charge >= 0.3 is 0 Å². The molecule has 5 aromatic rings. The number of azo groups is 2. The lowest BCUT2D eigenvalue weighted by Gasteiger charge is -2.17. The Labute approximate surface area is 436 Å². The fraction of sp³-hybridized carbons (Fsp3) is 0.270. The fourth-order valence-electron chi connectivity index (χ4n) is 5.64. The van der Waals surface area contributed by atoms with Gasteiger partial charge in [-0.2, -0.15) is 67.3 Å². The summed E-state index contributed by atoms with van der Waals surface area (Å²) in [7, 11) is -22.6. The van der Waals surface area contributed by atoms with E-state index in [1.807, 2.05) is 0 Å². The minimum Gasteiger partial charge on any atom is -0.491 e. The summed E-state index contributed by atoms with van der Waals surface area (Å²) in [6.07, 6.45) is 0.125. The van der Waals surface area contributed by atoms with Gasteiger partial charge in [0, 0.05) is 18.7 Å². The van der Waals surface area contributed by atoms with Crippen LogP contribution in [0.4, 0.5) is 52.0 Å². The van der Waals surface area contributed by atoms with E-state index in [2.05, 4.69) is 51.4 Å². The van der Waals surface area contributed by atoms with Gasteiger partial charge in [-0.3, -0.25) is 22.8 Å². The van der Waals surface area contributed by atoms with Crippen LogP contribution in [0.3, 0.4) is 0 Å². The number of halogens is 4. The van der Waals surface area contributed by atoms with Crippen molar-refractivity contribution in [3.05, 3.63) is 80.8 Å². The van der Waals surface area contributed by atoms with Gasteiger partial charge in [-0.1, -0.05) is 46.4 Å². The Morgan fingerprint density at radius 3 is 1.22 bits per heavy atom. The molecule has 1 heterocycles. The number of hydrogen-bond acceptors (Lipinski definition) is 22. The average Bonchev–Trinajstić information content (AvgIpc) is 3.25. The number of hydrogen-bond donors (Lipinski definition) is 8. The molecule has 0 aliphatic carbocycles. The molecule has 396 valence electrons. The largest absolute Gasteiger partial charge is 0.491 e. The van der Waals surface area contributed by atoms with Crippen LogP contribution in [0.1, 0.15) is 25.7 Å². The Balaban J connectivity index is 1.55.